The zero-order valence-electron chi connectivity index (χ0n) is 17.3. The van der Waals surface area contributed by atoms with E-state index in [-0.39, 0.29) is 41.5 Å². The molecule has 3 atom stereocenters. The Morgan fingerprint density at radius 2 is 2.00 bits per heavy atom. The lowest BCUT2D eigenvalue weighted by atomic mass is 9.89. The molecule has 32 heavy (non-hydrogen) atoms. The fraction of sp³-hybridized carbons (Fsp3) is 0.524. The monoisotopic (exact) mass is 452 g/mol. The number of nitrogens with two attached hydrogens (primary N) is 1. The molecule has 0 amide bonds. The minimum absolute atomic E-state index is 0.0523. The minimum atomic E-state index is -3.29. The third kappa shape index (κ3) is 2.94. The number of nitrogens with zero attached hydrogens (tertiary/aromatic N) is 2. The van der Waals surface area contributed by atoms with Gasteiger partial charge in [0.15, 0.2) is 11.6 Å². The molecule has 1 saturated heterocycles. The molecule has 2 aromatic rings. The molecule has 11 heteroatoms. The van der Waals surface area contributed by atoms with Crippen LogP contribution in [0.5, 0.6) is 5.75 Å². The highest BCUT2D eigenvalue weighted by Crippen LogP contribution is 2.48. The number of nitrogens with one attached hydrogen (secondary N) is 1. The van der Waals surface area contributed by atoms with Crippen molar-refractivity contribution in [1.29, 1.82) is 0 Å². The van der Waals surface area contributed by atoms with Gasteiger partial charge in [0.05, 0.1) is 18.2 Å². The Kier molecular flexibility index (Phi) is 4.59. The van der Waals surface area contributed by atoms with Crippen molar-refractivity contribution >= 4 is 22.3 Å². The first-order valence-electron chi connectivity index (χ1n) is 10.5. The van der Waals surface area contributed by atoms with E-state index in [0.717, 1.165) is 0 Å². The molecular weight excluding hydrogens is 429 g/mol. The number of aliphatic hydroxyl groups excluding tert-OH is 1. The second kappa shape index (κ2) is 7.03. The molecule has 8 nitrogen and oxygen atoms in total. The van der Waals surface area contributed by atoms with Crippen LogP contribution in [0, 0.1) is 17.7 Å². The van der Waals surface area contributed by atoms with Gasteiger partial charge in [0, 0.05) is 37.4 Å². The summed E-state index contributed by atoms with van der Waals surface area (Å²) < 4.78 is 50.9. The van der Waals surface area contributed by atoms with Crippen molar-refractivity contribution in [3.63, 3.8) is 0 Å². The van der Waals surface area contributed by atoms with E-state index >= 15 is 4.39 Å². The number of rotatable bonds is 3. The summed E-state index contributed by atoms with van der Waals surface area (Å²) in [4.78, 5) is 28.8. The highest BCUT2D eigenvalue weighted by Gasteiger charge is 2.50. The van der Waals surface area contributed by atoms with Crippen molar-refractivity contribution in [2.75, 3.05) is 30.8 Å². The normalized spacial score (nSPS) is 26.9. The molecule has 4 N–H and O–H groups in total. The number of hydrogen-bond acceptors (Lipinski definition) is 6. The Labute approximate surface area is 180 Å². The number of alkyl halides is 2. The summed E-state index contributed by atoms with van der Waals surface area (Å²) in [6.45, 7) is 0.0736. The minimum Gasteiger partial charge on any atom is -0.492 e. The van der Waals surface area contributed by atoms with Crippen molar-refractivity contribution in [2.45, 2.75) is 37.3 Å². The number of hydrogen-bond donors (Lipinski definition) is 3. The molecule has 3 aliphatic rings. The van der Waals surface area contributed by atoms with Crippen LogP contribution < -0.4 is 26.6 Å². The van der Waals surface area contributed by atoms with Crippen LogP contribution in [0.25, 0.3) is 10.9 Å². The maximum Gasteiger partial charge on any atom is 0.329 e. The average molecular weight is 452 g/mol. The number of methoxy groups -OCH3 is 1. The van der Waals surface area contributed by atoms with E-state index in [4.69, 9.17) is 10.5 Å². The van der Waals surface area contributed by atoms with Crippen molar-refractivity contribution in [1.82, 2.24) is 9.55 Å². The second-order valence-corrected chi connectivity index (χ2v) is 8.76. The van der Waals surface area contributed by atoms with Crippen molar-refractivity contribution in [3.05, 3.63) is 38.8 Å². The summed E-state index contributed by atoms with van der Waals surface area (Å²) in [6, 6.07) is -0.179. The second-order valence-electron chi connectivity index (χ2n) is 8.76. The van der Waals surface area contributed by atoms with Gasteiger partial charge in [-0.1, -0.05) is 12.2 Å². The van der Waals surface area contributed by atoms with Crippen LogP contribution in [-0.2, 0) is 0 Å². The fourth-order valence-corrected chi connectivity index (χ4v) is 5.04. The number of benzene rings is 1. The Balaban J connectivity index is 1.72. The van der Waals surface area contributed by atoms with Crippen LogP contribution in [0.3, 0.4) is 0 Å². The van der Waals surface area contributed by atoms with Gasteiger partial charge in [-0.2, -0.15) is 0 Å². The summed E-state index contributed by atoms with van der Waals surface area (Å²) in [6.07, 6.45) is 1.91. The number of nitrogen functional groups attached to an aromatic ring is 1. The molecular formula is C21H23F3N4O4. The largest absolute Gasteiger partial charge is 0.492 e. The van der Waals surface area contributed by atoms with Gasteiger partial charge in [-0.15, -0.1) is 0 Å². The predicted molar refractivity (Wildman–Crippen MR) is 112 cm³/mol. The number of aromatic amines is 1. The van der Waals surface area contributed by atoms with E-state index in [9.17, 15) is 23.5 Å². The van der Waals surface area contributed by atoms with Gasteiger partial charge >= 0.3 is 5.69 Å². The molecule has 0 spiro atoms. The maximum absolute atomic E-state index is 15.6. The first-order valence-corrected chi connectivity index (χ1v) is 10.5. The van der Waals surface area contributed by atoms with E-state index in [1.54, 1.807) is 6.08 Å². The number of aromatic nitrogens is 2. The maximum atomic E-state index is 15.6. The van der Waals surface area contributed by atoms with Crippen LogP contribution in [0.1, 0.15) is 25.3 Å². The number of H-pyrrole nitrogens is 1. The number of ether oxygens (including phenoxy) is 1. The van der Waals surface area contributed by atoms with E-state index in [2.05, 4.69) is 4.98 Å². The number of aliphatic hydroxyl groups is 1. The lowest BCUT2D eigenvalue weighted by Crippen LogP contribution is -2.41. The van der Waals surface area contributed by atoms with Crippen molar-refractivity contribution in [2.24, 2.45) is 11.8 Å². The molecule has 172 valence electrons. The predicted octanol–water partition coefficient (Wildman–Crippen LogP) is 1.76. The lowest BCUT2D eigenvalue weighted by molar-refractivity contribution is -0.127. The van der Waals surface area contributed by atoms with E-state index in [1.165, 1.54) is 22.7 Å². The smallest absolute Gasteiger partial charge is 0.329 e. The number of halogens is 3. The summed E-state index contributed by atoms with van der Waals surface area (Å²) in [5.41, 5.74) is 4.08. The van der Waals surface area contributed by atoms with Crippen LogP contribution >= 0.6 is 0 Å². The highest BCUT2D eigenvalue weighted by atomic mass is 19.3. The van der Waals surface area contributed by atoms with Crippen LogP contribution in [0.15, 0.2) is 21.7 Å². The molecule has 3 unspecified atom stereocenters. The lowest BCUT2D eigenvalue weighted by Gasteiger charge is -2.28. The fourth-order valence-electron chi connectivity index (χ4n) is 5.04. The van der Waals surface area contributed by atoms with Crippen LogP contribution in [-0.4, -0.2) is 46.9 Å². The van der Waals surface area contributed by atoms with E-state index in [0.29, 0.717) is 12.8 Å². The third-order valence-electron chi connectivity index (χ3n) is 6.74. The van der Waals surface area contributed by atoms with Gasteiger partial charge in [0.1, 0.15) is 17.3 Å². The molecule has 5 rings (SSSR count). The average Bonchev–Trinajstić information content (AvgIpc) is 3.49. The summed E-state index contributed by atoms with van der Waals surface area (Å²) in [5, 5.41) is 10.1. The number of anilines is 2. The molecule has 1 aromatic carbocycles. The zero-order valence-corrected chi connectivity index (χ0v) is 17.3. The van der Waals surface area contributed by atoms with Gasteiger partial charge in [-0.3, -0.25) is 14.3 Å². The Hall–Kier alpha value is -2.95. The molecule has 1 saturated carbocycles. The topological polar surface area (TPSA) is 114 Å². The van der Waals surface area contributed by atoms with Gasteiger partial charge in [0.2, 0.25) is 0 Å². The molecule has 2 fully saturated rings. The van der Waals surface area contributed by atoms with E-state index < -0.39 is 53.0 Å². The Morgan fingerprint density at radius 3 is 2.66 bits per heavy atom. The molecule has 1 aromatic heterocycles. The third-order valence-corrected chi connectivity index (χ3v) is 6.74. The standard InChI is InChI=1S/C21H23F3N4O4/c1-32-17-15-12(19(30)26-20(31)28(15)10-4-5-10)14(25)13(22)16(17)27-7-9-3-2-6-21(23,24)18(29)11(9)8-27/h2-3,9-11,18,29H,4-8,25H2,1H3,(H,26,30,31). The van der Waals surface area contributed by atoms with Crippen LogP contribution in [0.2, 0.25) is 0 Å². The summed E-state index contributed by atoms with van der Waals surface area (Å²) in [7, 11) is 1.29. The number of fused-ring (bicyclic) bond motifs is 2. The van der Waals surface area contributed by atoms with Gasteiger partial charge in [-0.25, -0.2) is 18.0 Å². The highest BCUT2D eigenvalue weighted by molar-refractivity contribution is 5.99. The zero-order chi connectivity index (χ0) is 22.9. The number of allylic oxidation sites excluding steroid dienone is 1. The Morgan fingerprint density at radius 1 is 1.28 bits per heavy atom. The van der Waals surface area contributed by atoms with Crippen molar-refractivity contribution in [3.8, 4) is 5.75 Å². The molecule has 0 radical (unpaired) electrons. The Bertz CT molecular complexity index is 1250. The quantitative estimate of drug-likeness (QED) is 0.483. The molecule has 2 heterocycles. The molecule has 2 aliphatic carbocycles. The first-order chi connectivity index (χ1) is 15.2. The molecule has 1 aliphatic heterocycles. The van der Waals surface area contributed by atoms with Gasteiger partial charge in [-0.05, 0) is 12.8 Å². The van der Waals surface area contributed by atoms with Gasteiger partial charge < -0.3 is 20.5 Å². The summed E-state index contributed by atoms with van der Waals surface area (Å²) in [5.74, 6) is -5.55. The van der Waals surface area contributed by atoms with E-state index in [1.807, 2.05) is 0 Å². The van der Waals surface area contributed by atoms with Crippen LogP contribution in [0.4, 0.5) is 24.5 Å². The molecule has 0 bridgehead atoms. The van der Waals surface area contributed by atoms with Gasteiger partial charge in [0.25, 0.3) is 11.5 Å². The SMILES string of the molecule is COc1c(N2CC3C=CCC(F)(F)C(O)C3C2)c(F)c(N)c2c(=O)[nH]c(=O)n(C3CC3)c12. The van der Waals surface area contributed by atoms with Crippen molar-refractivity contribution < 1.29 is 23.0 Å². The first kappa shape index (κ1) is 20.9. The summed E-state index contributed by atoms with van der Waals surface area (Å²) >= 11 is 0.